The second kappa shape index (κ2) is 12.9. The van der Waals surface area contributed by atoms with Crippen molar-refractivity contribution in [2.24, 2.45) is 14.1 Å². The molecule has 0 aliphatic rings. The van der Waals surface area contributed by atoms with Crippen LogP contribution >= 0.6 is 0 Å². The van der Waals surface area contributed by atoms with Gasteiger partial charge >= 0.3 is 0 Å². The predicted molar refractivity (Wildman–Crippen MR) is 229 cm³/mol. The Bertz CT molecular complexity index is 2960. The van der Waals surface area contributed by atoms with Crippen LogP contribution in [0.5, 0.6) is 0 Å². The molecule has 258 valence electrons. The molecule has 0 saturated heterocycles. The second-order valence-corrected chi connectivity index (χ2v) is 14.0. The third kappa shape index (κ3) is 5.22. The molecule has 10 rings (SSSR count). The first kappa shape index (κ1) is 31.7. The minimum Gasteiger partial charge on any atom is -0.344 e. The van der Waals surface area contributed by atoms with E-state index in [1.807, 2.05) is 0 Å². The summed E-state index contributed by atoms with van der Waals surface area (Å²) in [6.07, 6.45) is 0. The van der Waals surface area contributed by atoms with Crippen molar-refractivity contribution < 1.29 is 0 Å². The Labute approximate surface area is 315 Å². The van der Waals surface area contributed by atoms with Gasteiger partial charge in [-0.2, -0.15) is 0 Å². The topological polar surface area (TPSA) is 16.3 Å². The summed E-state index contributed by atoms with van der Waals surface area (Å²) in [5, 5.41) is 5.08. The molecule has 2 aromatic heterocycles. The van der Waals surface area contributed by atoms with Crippen LogP contribution in [0, 0.1) is 0 Å². The summed E-state index contributed by atoms with van der Waals surface area (Å²) in [6.45, 7) is 0. The molecular weight excluding hydrogens is 657 g/mol. The minimum absolute atomic E-state index is 1.10. The summed E-state index contributed by atoms with van der Waals surface area (Å²) in [6, 6.07) is 70.1. The first-order valence-corrected chi connectivity index (χ1v) is 18.5. The van der Waals surface area contributed by atoms with E-state index < -0.39 is 0 Å². The Morgan fingerprint density at radius 2 is 0.667 bits per heavy atom. The molecule has 8 aromatic carbocycles. The van der Waals surface area contributed by atoms with E-state index in [1.54, 1.807) is 0 Å². The number of hydrogen-bond acceptors (Lipinski definition) is 2. The molecule has 10 aromatic rings. The molecular formula is C50H38N4. The van der Waals surface area contributed by atoms with Crippen LogP contribution in [0.3, 0.4) is 0 Å². The second-order valence-electron chi connectivity index (χ2n) is 14.0. The number of benzene rings is 8. The van der Waals surface area contributed by atoms with Crippen LogP contribution in [-0.2, 0) is 14.1 Å². The minimum atomic E-state index is 1.10. The van der Waals surface area contributed by atoms with Gasteiger partial charge in [0.15, 0.2) is 0 Å². The van der Waals surface area contributed by atoms with Gasteiger partial charge in [-0.1, -0.05) is 109 Å². The summed E-state index contributed by atoms with van der Waals surface area (Å²) < 4.78 is 4.60. The van der Waals surface area contributed by atoms with Crippen molar-refractivity contribution in [1.29, 1.82) is 0 Å². The van der Waals surface area contributed by atoms with Crippen molar-refractivity contribution in [2.45, 2.75) is 0 Å². The zero-order chi connectivity index (χ0) is 36.2. The molecule has 54 heavy (non-hydrogen) atoms. The van der Waals surface area contributed by atoms with Gasteiger partial charge < -0.3 is 18.9 Å². The molecule has 0 amide bonds. The third-order valence-corrected chi connectivity index (χ3v) is 10.9. The van der Waals surface area contributed by atoms with E-state index in [0.29, 0.717) is 0 Å². The molecule has 0 radical (unpaired) electrons. The SMILES string of the molecule is Cn1c2ccccc2c2ccc(N(c3ccccc3)c3ccc(-c4cccc(N(c5ccccc5)c5ccc6c7ccccc7n(C)c6c5)c4)cc3)cc21. The first-order valence-electron chi connectivity index (χ1n) is 18.5. The fourth-order valence-electron chi connectivity index (χ4n) is 8.25. The molecule has 2 heterocycles. The highest BCUT2D eigenvalue weighted by Crippen LogP contribution is 2.41. The fourth-order valence-corrected chi connectivity index (χ4v) is 8.25. The van der Waals surface area contributed by atoms with Crippen molar-refractivity contribution in [2.75, 3.05) is 9.80 Å². The number of anilines is 6. The molecule has 4 nitrogen and oxygen atoms in total. The van der Waals surface area contributed by atoms with Gasteiger partial charge in [-0.05, 0) is 96.1 Å². The van der Waals surface area contributed by atoms with E-state index in [0.717, 1.165) is 45.3 Å². The zero-order valence-electron chi connectivity index (χ0n) is 30.3. The highest BCUT2D eigenvalue weighted by molar-refractivity contribution is 6.10. The summed E-state index contributed by atoms with van der Waals surface area (Å²) >= 11 is 0. The molecule has 0 fully saturated rings. The maximum Gasteiger partial charge on any atom is 0.0509 e. The smallest absolute Gasteiger partial charge is 0.0509 e. The lowest BCUT2D eigenvalue weighted by molar-refractivity contribution is 1.01. The van der Waals surface area contributed by atoms with Gasteiger partial charge in [-0.15, -0.1) is 0 Å². The lowest BCUT2D eigenvalue weighted by atomic mass is 10.0. The van der Waals surface area contributed by atoms with Crippen LogP contribution in [0.1, 0.15) is 0 Å². The number of para-hydroxylation sites is 4. The van der Waals surface area contributed by atoms with E-state index >= 15 is 0 Å². The van der Waals surface area contributed by atoms with Crippen molar-refractivity contribution >= 4 is 77.7 Å². The van der Waals surface area contributed by atoms with E-state index in [-0.39, 0.29) is 0 Å². The Morgan fingerprint density at radius 1 is 0.278 bits per heavy atom. The number of fused-ring (bicyclic) bond motifs is 6. The molecule has 0 unspecified atom stereocenters. The van der Waals surface area contributed by atoms with Gasteiger partial charge in [0.1, 0.15) is 0 Å². The maximum atomic E-state index is 2.36. The van der Waals surface area contributed by atoms with Gasteiger partial charge in [0, 0.05) is 80.8 Å². The Kier molecular flexibility index (Phi) is 7.55. The van der Waals surface area contributed by atoms with E-state index in [4.69, 9.17) is 0 Å². The normalized spacial score (nSPS) is 11.5. The highest BCUT2D eigenvalue weighted by atomic mass is 15.1. The van der Waals surface area contributed by atoms with Crippen LogP contribution in [0.4, 0.5) is 34.1 Å². The van der Waals surface area contributed by atoms with Crippen molar-refractivity contribution in [3.63, 3.8) is 0 Å². The molecule has 4 heteroatoms. The largest absolute Gasteiger partial charge is 0.344 e. The Balaban J connectivity index is 1.04. The maximum absolute atomic E-state index is 2.36. The molecule has 0 N–H and O–H groups in total. The van der Waals surface area contributed by atoms with Crippen LogP contribution in [-0.4, -0.2) is 9.13 Å². The molecule has 0 saturated carbocycles. The van der Waals surface area contributed by atoms with E-state index in [1.165, 1.54) is 43.6 Å². The number of aromatic nitrogens is 2. The average molecular weight is 695 g/mol. The summed E-state index contributed by atoms with van der Waals surface area (Å²) in [4.78, 5) is 4.70. The number of hydrogen-bond donors (Lipinski definition) is 0. The summed E-state index contributed by atoms with van der Waals surface area (Å²) in [7, 11) is 4.32. The van der Waals surface area contributed by atoms with Crippen LogP contribution in [0.25, 0.3) is 54.7 Å². The molecule has 0 spiro atoms. The Hall–Kier alpha value is -7.04. The van der Waals surface area contributed by atoms with E-state index in [2.05, 4.69) is 227 Å². The Morgan fingerprint density at radius 3 is 1.20 bits per heavy atom. The monoisotopic (exact) mass is 694 g/mol. The average Bonchev–Trinajstić information content (AvgIpc) is 3.68. The number of aryl methyl sites for hydroxylation is 2. The molecule has 0 aliphatic carbocycles. The molecule has 0 atom stereocenters. The standard InChI is InChI=1S/C50H38N4/c1-51-47-22-11-9-20-43(47)45-30-28-41(33-49(45)51)53(37-15-5-3-6-16-37)39-26-24-35(25-27-39)36-14-13-19-40(32-36)54(38-17-7-4-8-18-38)42-29-31-46-44-21-10-12-23-48(44)52(2)50(46)34-42/h3-34H,1-2H3. The van der Waals surface area contributed by atoms with Crippen LogP contribution in [0.15, 0.2) is 194 Å². The van der Waals surface area contributed by atoms with Crippen LogP contribution in [0.2, 0.25) is 0 Å². The predicted octanol–water partition coefficient (Wildman–Crippen LogP) is 13.6. The highest BCUT2D eigenvalue weighted by Gasteiger charge is 2.18. The number of nitrogens with zero attached hydrogens (tertiary/aromatic N) is 4. The quantitative estimate of drug-likeness (QED) is 0.165. The molecule has 0 bridgehead atoms. The first-order chi connectivity index (χ1) is 26.6. The lowest BCUT2D eigenvalue weighted by Crippen LogP contribution is -2.10. The van der Waals surface area contributed by atoms with E-state index in [9.17, 15) is 0 Å². The lowest BCUT2D eigenvalue weighted by Gasteiger charge is -2.27. The summed E-state index contributed by atoms with van der Waals surface area (Å²) in [5.74, 6) is 0. The van der Waals surface area contributed by atoms with Gasteiger partial charge in [0.25, 0.3) is 0 Å². The number of rotatable bonds is 7. The molecule has 0 aliphatic heterocycles. The van der Waals surface area contributed by atoms with Gasteiger partial charge in [0.2, 0.25) is 0 Å². The third-order valence-electron chi connectivity index (χ3n) is 10.9. The van der Waals surface area contributed by atoms with Crippen molar-refractivity contribution in [3.8, 4) is 11.1 Å². The zero-order valence-corrected chi connectivity index (χ0v) is 30.3. The fraction of sp³-hybridized carbons (Fsp3) is 0.0400. The van der Waals surface area contributed by atoms with Crippen molar-refractivity contribution in [3.05, 3.63) is 194 Å². The van der Waals surface area contributed by atoms with Crippen molar-refractivity contribution in [1.82, 2.24) is 9.13 Å². The van der Waals surface area contributed by atoms with Gasteiger partial charge in [-0.25, -0.2) is 0 Å². The van der Waals surface area contributed by atoms with Crippen LogP contribution < -0.4 is 9.80 Å². The van der Waals surface area contributed by atoms with Gasteiger partial charge in [-0.3, -0.25) is 0 Å². The summed E-state index contributed by atoms with van der Waals surface area (Å²) in [5.41, 5.74) is 13.9. The van der Waals surface area contributed by atoms with Gasteiger partial charge in [0.05, 0.1) is 11.0 Å².